The number of anilines is 3. The highest BCUT2D eigenvalue weighted by molar-refractivity contribution is 6.12. The van der Waals surface area contributed by atoms with Crippen LogP contribution in [-0.4, -0.2) is 4.57 Å². The monoisotopic (exact) mass is 852 g/mol. The van der Waals surface area contributed by atoms with E-state index in [0.29, 0.717) is 0 Å². The predicted molar refractivity (Wildman–Crippen MR) is 281 cm³/mol. The third-order valence-electron chi connectivity index (χ3n) is 14.1. The van der Waals surface area contributed by atoms with E-state index in [4.69, 9.17) is 0 Å². The second-order valence-electron chi connectivity index (χ2n) is 17.6. The Labute approximate surface area is 390 Å². The van der Waals surface area contributed by atoms with Crippen LogP contribution in [0.2, 0.25) is 0 Å². The smallest absolute Gasteiger partial charge is 0.0714 e. The quantitative estimate of drug-likeness (QED) is 0.148. The van der Waals surface area contributed by atoms with Crippen LogP contribution in [0.5, 0.6) is 0 Å². The van der Waals surface area contributed by atoms with Crippen molar-refractivity contribution in [1.82, 2.24) is 4.57 Å². The number of para-hydroxylation sites is 3. The van der Waals surface area contributed by atoms with E-state index < -0.39 is 5.41 Å². The molecule has 0 atom stereocenters. The Morgan fingerprint density at radius 1 is 0.328 bits per heavy atom. The summed E-state index contributed by atoms with van der Waals surface area (Å²) in [5, 5.41) is 4.89. The van der Waals surface area contributed by atoms with Gasteiger partial charge in [0.25, 0.3) is 0 Å². The van der Waals surface area contributed by atoms with Gasteiger partial charge in [-0.2, -0.15) is 0 Å². The van der Waals surface area contributed by atoms with E-state index in [2.05, 4.69) is 276 Å². The minimum atomic E-state index is -0.556. The first-order valence-corrected chi connectivity index (χ1v) is 23.2. The molecule has 0 aliphatic heterocycles. The van der Waals surface area contributed by atoms with Gasteiger partial charge in [0, 0.05) is 33.4 Å². The molecule has 0 radical (unpaired) electrons. The minimum absolute atomic E-state index is 0.556. The number of benzene rings is 11. The first-order valence-electron chi connectivity index (χ1n) is 23.2. The number of nitrogens with zero attached hydrogens (tertiary/aromatic N) is 2. The number of aromatic nitrogens is 1. The molecule has 0 fully saturated rings. The van der Waals surface area contributed by atoms with Gasteiger partial charge in [0.2, 0.25) is 0 Å². The summed E-state index contributed by atoms with van der Waals surface area (Å²) >= 11 is 0. The van der Waals surface area contributed by atoms with E-state index in [1.165, 1.54) is 77.1 Å². The van der Waals surface area contributed by atoms with Crippen molar-refractivity contribution < 1.29 is 0 Å². The average Bonchev–Trinajstić information content (AvgIpc) is 3.90. The molecule has 0 N–H and O–H groups in total. The summed E-state index contributed by atoms with van der Waals surface area (Å²) in [5.74, 6) is 0. The summed E-state index contributed by atoms with van der Waals surface area (Å²) in [6.45, 7) is 0. The molecule has 0 saturated carbocycles. The van der Waals surface area contributed by atoms with Crippen LogP contribution in [-0.2, 0) is 5.41 Å². The first-order chi connectivity index (χ1) is 33.3. The first kappa shape index (κ1) is 38.7. The van der Waals surface area contributed by atoms with Crippen molar-refractivity contribution in [2.45, 2.75) is 5.41 Å². The molecule has 0 spiro atoms. The highest BCUT2D eigenvalue weighted by Crippen LogP contribution is 2.57. The average molecular weight is 853 g/mol. The van der Waals surface area contributed by atoms with Gasteiger partial charge in [0.15, 0.2) is 0 Å². The maximum Gasteiger partial charge on any atom is 0.0714 e. The molecule has 1 aliphatic rings. The van der Waals surface area contributed by atoms with E-state index >= 15 is 0 Å². The molecule has 67 heavy (non-hydrogen) atoms. The molecular weight excluding hydrogens is 809 g/mol. The Hall–Kier alpha value is -8.72. The number of rotatable bonds is 8. The maximum absolute atomic E-state index is 2.50. The second-order valence-corrected chi connectivity index (χ2v) is 17.6. The molecule has 0 saturated heterocycles. The number of hydrogen-bond donors (Lipinski definition) is 0. The molecule has 2 nitrogen and oxygen atoms in total. The third kappa shape index (κ3) is 6.04. The number of hydrogen-bond acceptors (Lipinski definition) is 1. The molecule has 0 amide bonds. The minimum Gasteiger partial charge on any atom is -0.310 e. The van der Waals surface area contributed by atoms with Crippen molar-refractivity contribution in [3.63, 3.8) is 0 Å². The summed E-state index contributed by atoms with van der Waals surface area (Å²) in [6, 6.07) is 98.3. The van der Waals surface area contributed by atoms with Gasteiger partial charge in [-0.25, -0.2) is 0 Å². The van der Waals surface area contributed by atoms with Crippen LogP contribution in [0.25, 0.3) is 71.6 Å². The summed E-state index contributed by atoms with van der Waals surface area (Å²) < 4.78 is 2.42. The lowest BCUT2D eigenvalue weighted by atomic mass is 9.67. The van der Waals surface area contributed by atoms with Crippen molar-refractivity contribution in [3.05, 3.63) is 289 Å². The van der Waals surface area contributed by atoms with E-state index in [-0.39, 0.29) is 0 Å². The van der Waals surface area contributed by atoms with E-state index in [9.17, 15) is 0 Å². The molecule has 314 valence electrons. The predicted octanol–water partition coefficient (Wildman–Crippen LogP) is 17.1. The molecule has 13 rings (SSSR count). The van der Waals surface area contributed by atoms with E-state index in [1.807, 2.05) is 0 Å². The zero-order chi connectivity index (χ0) is 44.3. The lowest BCUT2D eigenvalue weighted by Crippen LogP contribution is -2.28. The molecule has 0 bridgehead atoms. The highest BCUT2D eigenvalue weighted by atomic mass is 15.1. The van der Waals surface area contributed by atoms with Crippen molar-refractivity contribution in [2.75, 3.05) is 4.90 Å². The second kappa shape index (κ2) is 15.8. The van der Waals surface area contributed by atoms with Crippen LogP contribution >= 0.6 is 0 Å². The summed E-state index contributed by atoms with van der Waals surface area (Å²) in [6.07, 6.45) is 0. The normalized spacial score (nSPS) is 12.6. The van der Waals surface area contributed by atoms with Crippen molar-refractivity contribution in [1.29, 1.82) is 0 Å². The van der Waals surface area contributed by atoms with Crippen molar-refractivity contribution in [2.24, 2.45) is 0 Å². The highest BCUT2D eigenvalue weighted by Gasteiger charge is 2.46. The van der Waals surface area contributed by atoms with Crippen LogP contribution in [0.15, 0.2) is 267 Å². The van der Waals surface area contributed by atoms with Gasteiger partial charge in [-0.15, -0.1) is 0 Å². The third-order valence-corrected chi connectivity index (χ3v) is 14.1. The topological polar surface area (TPSA) is 8.17 Å². The lowest BCUT2D eigenvalue weighted by molar-refractivity contribution is 0.768. The van der Waals surface area contributed by atoms with Gasteiger partial charge in [-0.3, -0.25) is 0 Å². The van der Waals surface area contributed by atoms with Crippen LogP contribution < -0.4 is 4.90 Å². The molecule has 1 aliphatic carbocycles. The SMILES string of the molecule is c1ccc(-c2cccc3cccc(-c4ccccc4N(c4cccc(C5(c6ccccc6)c6ccccc6-c6ccccc65)c4)c4ccc5c6ccccc6n(-c6ccccc6)c5c4)c23)cc1. The fourth-order valence-corrected chi connectivity index (χ4v) is 11.3. The molecule has 2 heteroatoms. The van der Waals surface area contributed by atoms with Gasteiger partial charge in [-0.05, 0) is 109 Å². The largest absolute Gasteiger partial charge is 0.310 e. The van der Waals surface area contributed by atoms with Crippen molar-refractivity contribution in [3.8, 4) is 39.1 Å². The van der Waals surface area contributed by atoms with Gasteiger partial charge < -0.3 is 9.47 Å². The summed E-state index contributed by atoms with van der Waals surface area (Å²) in [5.41, 5.74) is 18.5. The Morgan fingerprint density at radius 3 is 1.61 bits per heavy atom. The Balaban J connectivity index is 1.11. The van der Waals surface area contributed by atoms with Gasteiger partial charge in [-0.1, -0.05) is 218 Å². The van der Waals surface area contributed by atoms with Crippen LogP contribution in [0, 0.1) is 0 Å². The maximum atomic E-state index is 2.50. The van der Waals surface area contributed by atoms with Gasteiger partial charge >= 0.3 is 0 Å². The van der Waals surface area contributed by atoms with Crippen LogP contribution in [0.3, 0.4) is 0 Å². The van der Waals surface area contributed by atoms with Gasteiger partial charge in [0.05, 0.1) is 22.1 Å². The van der Waals surface area contributed by atoms with Crippen LogP contribution in [0.4, 0.5) is 17.1 Å². The molecule has 1 heterocycles. The fraction of sp³-hybridized carbons (Fsp3) is 0.0154. The van der Waals surface area contributed by atoms with Gasteiger partial charge in [0.1, 0.15) is 0 Å². The molecule has 12 aromatic rings. The lowest BCUT2D eigenvalue weighted by Gasteiger charge is -2.35. The van der Waals surface area contributed by atoms with Crippen LogP contribution in [0.1, 0.15) is 22.3 Å². The Morgan fingerprint density at radius 2 is 0.866 bits per heavy atom. The Kier molecular flexibility index (Phi) is 9.11. The van der Waals surface area contributed by atoms with Crippen molar-refractivity contribution >= 4 is 49.6 Å². The summed E-state index contributed by atoms with van der Waals surface area (Å²) in [7, 11) is 0. The standard InChI is InChI=1S/C65H44N2/c1-4-21-45(22-5-1)52-35-18-23-46-24-19-36-58(64(46)52)56-34-13-16-39-61(56)66(51-41-42-57-55-33-12-17-40-62(55)67(63(57)44-51)49-28-8-3-9-29-49)50-30-20-27-48(43-50)65(47-25-6-2-7-26-47)59-37-14-10-31-53(59)54-32-11-15-38-60(54)65/h1-44H. The fourth-order valence-electron chi connectivity index (χ4n) is 11.3. The zero-order valence-corrected chi connectivity index (χ0v) is 36.8. The number of fused-ring (bicyclic) bond motifs is 7. The molecule has 0 unspecified atom stereocenters. The molecule has 11 aromatic carbocycles. The Bertz CT molecular complexity index is 3760. The van der Waals surface area contributed by atoms with E-state index in [1.54, 1.807) is 0 Å². The summed E-state index contributed by atoms with van der Waals surface area (Å²) in [4.78, 5) is 2.50. The zero-order valence-electron chi connectivity index (χ0n) is 36.8. The molecular formula is C65H44N2. The molecule has 1 aromatic heterocycles. The van der Waals surface area contributed by atoms with E-state index in [0.717, 1.165) is 33.8 Å².